The maximum Gasteiger partial charge on any atom is 0.175 e. The van der Waals surface area contributed by atoms with Gasteiger partial charge in [0.15, 0.2) is 9.84 Å². The Morgan fingerprint density at radius 3 is 2.69 bits per heavy atom. The molecule has 26 heavy (non-hydrogen) atoms. The maximum atomic E-state index is 11.6. The molecule has 1 fully saturated rings. The van der Waals surface area contributed by atoms with Gasteiger partial charge in [0.25, 0.3) is 0 Å². The molecular formula is C19H23ClN2O3S. The van der Waals surface area contributed by atoms with Gasteiger partial charge in [-0.2, -0.15) is 0 Å². The molecule has 0 bridgehead atoms. The van der Waals surface area contributed by atoms with Crippen molar-refractivity contribution in [2.75, 3.05) is 25.9 Å². The summed E-state index contributed by atoms with van der Waals surface area (Å²) >= 11 is 6.19. The number of hydrogen-bond acceptors (Lipinski definition) is 5. The lowest BCUT2D eigenvalue weighted by molar-refractivity contribution is 0.305. The smallest absolute Gasteiger partial charge is 0.175 e. The highest BCUT2D eigenvalue weighted by atomic mass is 35.5. The summed E-state index contributed by atoms with van der Waals surface area (Å²) in [6.45, 7) is 4.29. The van der Waals surface area contributed by atoms with Gasteiger partial charge in [-0.1, -0.05) is 29.8 Å². The van der Waals surface area contributed by atoms with Gasteiger partial charge in [-0.05, 0) is 35.7 Å². The van der Waals surface area contributed by atoms with Gasteiger partial charge in [0.2, 0.25) is 0 Å². The Hall–Kier alpha value is -1.60. The van der Waals surface area contributed by atoms with Gasteiger partial charge in [0.05, 0.1) is 4.90 Å². The van der Waals surface area contributed by atoms with Crippen LogP contribution in [0, 0.1) is 5.92 Å². The third kappa shape index (κ3) is 5.20. The van der Waals surface area contributed by atoms with Gasteiger partial charge >= 0.3 is 0 Å². The number of rotatable bonds is 8. The van der Waals surface area contributed by atoms with Gasteiger partial charge in [0.1, 0.15) is 12.4 Å². The molecule has 1 saturated heterocycles. The van der Waals surface area contributed by atoms with E-state index >= 15 is 0 Å². The standard InChI is InChI=1S/C19H23ClN2O3S/c1-26(23,24)18-6-5-16(19(20)8-18)13-25-17-4-2-3-14(7-17)9-21-10-15-11-22-12-15/h2-8,15,21-22H,9-13H2,1H3. The zero-order chi connectivity index (χ0) is 18.6. The van der Waals surface area contributed by atoms with Crippen molar-refractivity contribution >= 4 is 21.4 Å². The molecule has 2 aromatic carbocycles. The minimum atomic E-state index is -3.26. The number of ether oxygens (including phenoxy) is 1. The van der Waals surface area contributed by atoms with Crippen LogP contribution in [0.2, 0.25) is 5.02 Å². The zero-order valence-corrected chi connectivity index (χ0v) is 16.2. The fourth-order valence-electron chi connectivity index (χ4n) is 2.70. The summed E-state index contributed by atoms with van der Waals surface area (Å²) in [7, 11) is -3.26. The van der Waals surface area contributed by atoms with E-state index in [0.717, 1.165) is 55.2 Å². The topological polar surface area (TPSA) is 67.4 Å². The number of halogens is 1. The van der Waals surface area contributed by atoms with Crippen LogP contribution in [0.25, 0.3) is 0 Å². The molecule has 1 aliphatic heterocycles. The average Bonchev–Trinajstić information content (AvgIpc) is 2.55. The summed E-state index contributed by atoms with van der Waals surface area (Å²) in [6, 6.07) is 12.6. The van der Waals surface area contributed by atoms with Crippen molar-refractivity contribution in [1.82, 2.24) is 10.6 Å². The molecule has 5 nitrogen and oxygen atoms in total. The molecule has 1 aliphatic rings. The molecule has 3 rings (SSSR count). The zero-order valence-electron chi connectivity index (χ0n) is 14.7. The van der Waals surface area contributed by atoms with Crippen LogP contribution in [-0.4, -0.2) is 34.3 Å². The predicted octanol–water partition coefficient (Wildman–Crippen LogP) is 2.63. The Bertz CT molecular complexity index is 867. The molecule has 0 spiro atoms. The fraction of sp³-hybridized carbons (Fsp3) is 0.368. The van der Waals surface area contributed by atoms with E-state index in [0.29, 0.717) is 5.02 Å². The minimum absolute atomic E-state index is 0.209. The van der Waals surface area contributed by atoms with Crippen LogP contribution in [-0.2, 0) is 23.0 Å². The van der Waals surface area contributed by atoms with E-state index < -0.39 is 9.84 Å². The first-order valence-corrected chi connectivity index (χ1v) is 10.8. The van der Waals surface area contributed by atoms with Crippen molar-refractivity contribution in [2.45, 2.75) is 18.0 Å². The first-order chi connectivity index (χ1) is 12.4. The Balaban J connectivity index is 1.56. The van der Waals surface area contributed by atoms with E-state index in [9.17, 15) is 8.42 Å². The number of benzene rings is 2. The Labute approximate surface area is 159 Å². The van der Waals surface area contributed by atoms with Crippen molar-refractivity contribution in [3.05, 3.63) is 58.6 Å². The van der Waals surface area contributed by atoms with Crippen molar-refractivity contribution in [2.24, 2.45) is 5.92 Å². The second-order valence-corrected chi connectivity index (χ2v) is 9.04. The SMILES string of the molecule is CS(=O)(=O)c1ccc(COc2cccc(CNCC3CNC3)c2)c(Cl)c1. The predicted molar refractivity (Wildman–Crippen MR) is 103 cm³/mol. The summed E-state index contributed by atoms with van der Waals surface area (Å²) in [4.78, 5) is 0.209. The molecule has 140 valence electrons. The van der Waals surface area contributed by atoms with E-state index in [1.54, 1.807) is 12.1 Å². The second-order valence-electron chi connectivity index (χ2n) is 6.62. The van der Waals surface area contributed by atoms with Crippen molar-refractivity contribution in [1.29, 1.82) is 0 Å². The minimum Gasteiger partial charge on any atom is -0.489 e. The molecule has 2 aromatic rings. The molecule has 0 amide bonds. The normalized spacial score (nSPS) is 14.8. The molecule has 0 unspecified atom stereocenters. The largest absolute Gasteiger partial charge is 0.489 e. The van der Waals surface area contributed by atoms with Crippen molar-refractivity contribution in [3.8, 4) is 5.75 Å². The van der Waals surface area contributed by atoms with Crippen LogP contribution in [0.15, 0.2) is 47.4 Å². The van der Waals surface area contributed by atoms with Crippen molar-refractivity contribution in [3.63, 3.8) is 0 Å². The molecule has 2 N–H and O–H groups in total. The van der Waals surface area contributed by atoms with E-state index in [-0.39, 0.29) is 11.5 Å². The first-order valence-electron chi connectivity index (χ1n) is 8.53. The average molecular weight is 395 g/mol. The fourth-order valence-corrected chi connectivity index (χ4v) is 3.64. The summed E-state index contributed by atoms with van der Waals surface area (Å²) in [6.07, 6.45) is 1.16. The van der Waals surface area contributed by atoms with Gasteiger partial charge < -0.3 is 15.4 Å². The highest BCUT2D eigenvalue weighted by Crippen LogP contribution is 2.23. The first kappa shape index (κ1) is 19.2. The molecule has 0 atom stereocenters. The Morgan fingerprint density at radius 2 is 2.04 bits per heavy atom. The quantitative estimate of drug-likeness (QED) is 0.720. The van der Waals surface area contributed by atoms with Crippen molar-refractivity contribution < 1.29 is 13.2 Å². The number of sulfone groups is 1. The summed E-state index contributed by atoms with van der Waals surface area (Å²) < 4.78 is 29.0. The summed E-state index contributed by atoms with van der Waals surface area (Å²) in [5.74, 6) is 1.49. The summed E-state index contributed by atoms with van der Waals surface area (Å²) in [5.41, 5.74) is 1.91. The third-order valence-corrected chi connectivity index (χ3v) is 5.84. The number of nitrogens with one attached hydrogen (secondary N) is 2. The van der Waals surface area contributed by atoms with Crippen LogP contribution in [0.3, 0.4) is 0 Å². The molecule has 0 radical (unpaired) electrons. The summed E-state index contributed by atoms with van der Waals surface area (Å²) in [5, 5.41) is 7.11. The van der Waals surface area contributed by atoms with Crippen LogP contribution in [0.4, 0.5) is 0 Å². The van der Waals surface area contributed by atoms with E-state index in [1.807, 2.05) is 18.2 Å². The van der Waals surface area contributed by atoms with Gasteiger partial charge in [0, 0.05) is 43.0 Å². The van der Waals surface area contributed by atoms with E-state index in [2.05, 4.69) is 16.7 Å². The molecule has 0 aromatic heterocycles. The number of hydrogen-bond donors (Lipinski definition) is 2. The molecule has 7 heteroatoms. The lowest BCUT2D eigenvalue weighted by Gasteiger charge is -2.27. The Kier molecular flexibility index (Phi) is 6.19. The lowest BCUT2D eigenvalue weighted by atomic mass is 10.0. The van der Waals surface area contributed by atoms with E-state index in [4.69, 9.17) is 16.3 Å². The van der Waals surface area contributed by atoms with Crippen LogP contribution in [0.1, 0.15) is 11.1 Å². The third-order valence-electron chi connectivity index (χ3n) is 4.37. The lowest BCUT2D eigenvalue weighted by Crippen LogP contribution is -2.47. The molecule has 0 saturated carbocycles. The van der Waals surface area contributed by atoms with Crippen LogP contribution in [0.5, 0.6) is 5.75 Å². The van der Waals surface area contributed by atoms with E-state index in [1.165, 1.54) is 6.07 Å². The molecule has 0 aliphatic carbocycles. The highest BCUT2D eigenvalue weighted by molar-refractivity contribution is 7.90. The Morgan fingerprint density at radius 1 is 1.23 bits per heavy atom. The van der Waals surface area contributed by atoms with Crippen LogP contribution < -0.4 is 15.4 Å². The van der Waals surface area contributed by atoms with Crippen LogP contribution >= 0.6 is 11.6 Å². The maximum absolute atomic E-state index is 11.6. The van der Waals surface area contributed by atoms with Gasteiger partial charge in [-0.15, -0.1) is 0 Å². The molecule has 1 heterocycles. The second kappa shape index (κ2) is 8.39. The molecular weight excluding hydrogens is 372 g/mol. The van der Waals surface area contributed by atoms with Gasteiger partial charge in [-0.25, -0.2) is 8.42 Å². The monoisotopic (exact) mass is 394 g/mol. The highest BCUT2D eigenvalue weighted by Gasteiger charge is 2.15. The van der Waals surface area contributed by atoms with Gasteiger partial charge in [-0.3, -0.25) is 0 Å².